The molecule has 6 nitrogen and oxygen atoms in total. The van der Waals surface area contributed by atoms with E-state index in [-0.39, 0.29) is 18.9 Å². The smallest absolute Gasteiger partial charge is 0.308 e. The van der Waals surface area contributed by atoms with Crippen molar-refractivity contribution in [1.29, 1.82) is 0 Å². The Morgan fingerprint density at radius 2 is 1.91 bits per heavy atom. The highest BCUT2D eigenvalue weighted by molar-refractivity contribution is 7.08. The topological polar surface area (TPSA) is 98.5 Å². The molecule has 0 aliphatic heterocycles. The third-order valence-electron chi connectivity index (χ3n) is 3.01. The van der Waals surface area contributed by atoms with Crippen molar-refractivity contribution in [3.05, 3.63) is 58.3 Å². The number of ether oxygens (including phenoxy) is 1. The molecule has 0 saturated carbocycles. The normalized spacial score (nSPS) is 11.5. The molecule has 0 saturated heterocycles. The van der Waals surface area contributed by atoms with Crippen LogP contribution in [0.25, 0.3) is 0 Å². The molecular weight excluding hydrogens is 316 g/mol. The number of nitrogens with two attached hydrogens (primary N) is 1. The van der Waals surface area contributed by atoms with Crippen molar-refractivity contribution in [3.63, 3.8) is 0 Å². The molecule has 1 atom stereocenters. The van der Waals surface area contributed by atoms with Crippen LogP contribution in [0.4, 0.5) is 0 Å². The van der Waals surface area contributed by atoms with Crippen LogP contribution < -0.4 is 11.1 Å². The van der Waals surface area contributed by atoms with E-state index in [1.807, 2.05) is 0 Å². The number of esters is 1. The second kappa shape index (κ2) is 8.09. The summed E-state index contributed by atoms with van der Waals surface area (Å²) in [7, 11) is 0. The molecule has 7 heteroatoms. The first-order valence-corrected chi connectivity index (χ1v) is 7.86. The van der Waals surface area contributed by atoms with Crippen LogP contribution in [0.5, 0.6) is 0 Å². The maximum atomic E-state index is 11.8. The Kier molecular flexibility index (Phi) is 5.87. The van der Waals surface area contributed by atoms with Gasteiger partial charge < -0.3 is 15.8 Å². The Bertz CT molecular complexity index is 671. The van der Waals surface area contributed by atoms with E-state index in [0.29, 0.717) is 11.1 Å². The minimum Gasteiger partial charge on any atom is -0.447 e. The van der Waals surface area contributed by atoms with Crippen LogP contribution in [0.2, 0.25) is 0 Å². The van der Waals surface area contributed by atoms with E-state index >= 15 is 0 Å². The Morgan fingerprint density at radius 3 is 2.52 bits per heavy atom. The number of carbonyl (C=O) groups excluding carboxylic acids is 3. The molecule has 3 N–H and O–H groups in total. The van der Waals surface area contributed by atoms with Crippen LogP contribution in [-0.4, -0.2) is 24.3 Å². The number of rotatable bonds is 7. The molecular formula is C16H16N2O4S. The molecule has 0 bridgehead atoms. The van der Waals surface area contributed by atoms with E-state index in [0.717, 1.165) is 0 Å². The molecule has 0 aliphatic carbocycles. The first-order valence-electron chi connectivity index (χ1n) is 6.92. The van der Waals surface area contributed by atoms with Gasteiger partial charge in [-0.15, -0.1) is 0 Å². The lowest BCUT2D eigenvalue weighted by Crippen LogP contribution is -2.29. The monoisotopic (exact) mass is 332 g/mol. The molecule has 2 amide bonds. The lowest BCUT2D eigenvalue weighted by Gasteiger charge is -2.15. The summed E-state index contributed by atoms with van der Waals surface area (Å²) in [6.07, 6.45) is -1.18. The van der Waals surface area contributed by atoms with E-state index < -0.39 is 18.0 Å². The fraction of sp³-hybridized carbons (Fsp3) is 0.188. The van der Waals surface area contributed by atoms with Crippen LogP contribution in [0.1, 0.15) is 28.4 Å². The quantitative estimate of drug-likeness (QED) is 0.753. The number of amides is 2. The summed E-state index contributed by atoms with van der Waals surface area (Å²) in [6, 6.07) is 10.2. The summed E-state index contributed by atoms with van der Waals surface area (Å²) < 4.78 is 5.11. The fourth-order valence-corrected chi connectivity index (χ4v) is 2.52. The minimum atomic E-state index is -1.13. The number of primary amides is 1. The maximum absolute atomic E-state index is 11.8. The van der Waals surface area contributed by atoms with Gasteiger partial charge in [-0.2, -0.15) is 11.3 Å². The first kappa shape index (κ1) is 16.7. The van der Waals surface area contributed by atoms with Crippen LogP contribution >= 0.6 is 11.3 Å². The molecule has 120 valence electrons. The summed E-state index contributed by atoms with van der Waals surface area (Å²) in [5, 5.41) is 6.12. The predicted molar refractivity (Wildman–Crippen MR) is 85.7 cm³/mol. The van der Waals surface area contributed by atoms with Crippen molar-refractivity contribution < 1.29 is 19.1 Å². The molecule has 1 heterocycles. The number of hydrogen-bond donors (Lipinski definition) is 2. The minimum absolute atomic E-state index is 0.0491. The number of benzene rings is 1. The van der Waals surface area contributed by atoms with Gasteiger partial charge in [0.05, 0.1) is 6.42 Å². The van der Waals surface area contributed by atoms with Gasteiger partial charge in [0.1, 0.15) is 0 Å². The van der Waals surface area contributed by atoms with E-state index in [1.165, 1.54) is 11.3 Å². The first-order chi connectivity index (χ1) is 11.1. The molecule has 1 aromatic heterocycles. The van der Waals surface area contributed by atoms with Gasteiger partial charge in [0.2, 0.25) is 6.10 Å². The van der Waals surface area contributed by atoms with Crippen LogP contribution in [0.3, 0.4) is 0 Å². The zero-order valence-electron chi connectivity index (χ0n) is 12.2. The average Bonchev–Trinajstić information content (AvgIpc) is 3.07. The summed E-state index contributed by atoms with van der Waals surface area (Å²) in [4.78, 5) is 35.0. The Labute approximate surface area is 137 Å². The largest absolute Gasteiger partial charge is 0.447 e. The van der Waals surface area contributed by atoms with Gasteiger partial charge in [-0.3, -0.25) is 14.4 Å². The molecule has 0 radical (unpaired) electrons. The van der Waals surface area contributed by atoms with Crippen LogP contribution in [0, 0.1) is 0 Å². The van der Waals surface area contributed by atoms with Gasteiger partial charge in [-0.05, 0) is 11.4 Å². The van der Waals surface area contributed by atoms with Gasteiger partial charge in [-0.1, -0.05) is 30.3 Å². The van der Waals surface area contributed by atoms with Crippen molar-refractivity contribution in [3.8, 4) is 0 Å². The summed E-state index contributed by atoms with van der Waals surface area (Å²) in [5.41, 5.74) is 6.33. The third-order valence-corrected chi connectivity index (χ3v) is 3.69. The SMILES string of the molecule is NC(=O)C(OC(=O)CCNC(=O)c1ccsc1)c1ccccc1. The zero-order chi connectivity index (χ0) is 16.7. The number of carbonyl (C=O) groups is 3. The predicted octanol–water partition coefficient (Wildman–Crippen LogP) is 1.64. The van der Waals surface area contributed by atoms with Crippen molar-refractivity contribution in [2.75, 3.05) is 6.54 Å². The molecule has 1 aromatic carbocycles. The molecule has 1 unspecified atom stereocenters. The van der Waals surface area contributed by atoms with E-state index in [4.69, 9.17) is 10.5 Å². The average molecular weight is 332 g/mol. The standard InChI is InChI=1S/C16H16N2O4S/c17-15(20)14(11-4-2-1-3-5-11)22-13(19)6-8-18-16(21)12-7-9-23-10-12/h1-5,7,9-10,14H,6,8H2,(H2,17,20)(H,18,21). The second-order valence-corrected chi connectivity index (χ2v) is 5.48. The Balaban J connectivity index is 1.83. The van der Waals surface area contributed by atoms with E-state index in [2.05, 4.69) is 5.32 Å². The van der Waals surface area contributed by atoms with E-state index in [1.54, 1.807) is 47.2 Å². The zero-order valence-corrected chi connectivity index (χ0v) is 13.0. The fourth-order valence-electron chi connectivity index (χ4n) is 1.88. The van der Waals surface area contributed by atoms with Crippen molar-refractivity contribution in [2.45, 2.75) is 12.5 Å². The molecule has 2 aromatic rings. The maximum Gasteiger partial charge on any atom is 0.308 e. The highest BCUT2D eigenvalue weighted by Gasteiger charge is 2.22. The lowest BCUT2D eigenvalue weighted by molar-refractivity contribution is -0.155. The lowest BCUT2D eigenvalue weighted by atomic mass is 10.1. The summed E-state index contributed by atoms with van der Waals surface area (Å²) >= 11 is 1.41. The molecule has 0 aliphatic rings. The highest BCUT2D eigenvalue weighted by atomic mass is 32.1. The molecule has 0 fully saturated rings. The molecule has 2 rings (SSSR count). The van der Waals surface area contributed by atoms with E-state index in [9.17, 15) is 14.4 Å². The van der Waals surface area contributed by atoms with Crippen molar-refractivity contribution in [1.82, 2.24) is 5.32 Å². The van der Waals surface area contributed by atoms with Crippen LogP contribution in [0.15, 0.2) is 47.2 Å². The second-order valence-electron chi connectivity index (χ2n) is 4.70. The summed E-state index contributed by atoms with van der Waals surface area (Å²) in [5.74, 6) is -1.61. The van der Waals surface area contributed by atoms with Gasteiger partial charge >= 0.3 is 5.97 Å². The van der Waals surface area contributed by atoms with Gasteiger partial charge in [0.15, 0.2) is 0 Å². The number of hydrogen-bond acceptors (Lipinski definition) is 5. The third kappa shape index (κ3) is 4.93. The van der Waals surface area contributed by atoms with Crippen molar-refractivity contribution >= 4 is 29.1 Å². The van der Waals surface area contributed by atoms with Gasteiger partial charge in [-0.25, -0.2) is 0 Å². The molecule has 23 heavy (non-hydrogen) atoms. The van der Waals surface area contributed by atoms with Crippen molar-refractivity contribution in [2.24, 2.45) is 5.73 Å². The molecule has 0 spiro atoms. The highest BCUT2D eigenvalue weighted by Crippen LogP contribution is 2.17. The summed E-state index contributed by atoms with van der Waals surface area (Å²) in [6.45, 7) is 0.119. The number of nitrogens with one attached hydrogen (secondary N) is 1. The Hall–Kier alpha value is -2.67. The van der Waals surface area contributed by atoms with Gasteiger partial charge in [0.25, 0.3) is 11.8 Å². The Morgan fingerprint density at radius 1 is 1.17 bits per heavy atom. The van der Waals surface area contributed by atoms with Crippen LogP contribution in [-0.2, 0) is 14.3 Å². The number of thiophene rings is 1. The van der Waals surface area contributed by atoms with Gasteiger partial charge in [0, 0.05) is 23.1 Å².